The number of methoxy groups -OCH3 is 1. The minimum atomic E-state index is -0.444. The van der Waals surface area contributed by atoms with E-state index in [2.05, 4.69) is 9.72 Å². The van der Waals surface area contributed by atoms with Crippen LogP contribution in [0, 0.1) is 3.70 Å². The Labute approximate surface area is 88.2 Å². The molecule has 0 N–H and O–H groups in total. The van der Waals surface area contributed by atoms with Crippen LogP contribution in [0.15, 0.2) is 12.3 Å². The maximum Gasteiger partial charge on any atom is 0.339 e. The van der Waals surface area contributed by atoms with Crippen LogP contribution in [-0.2, 0) is 4.74 Å². The zero-order valence-corrected chi connectivity index (χ0v) is 9.09. The maximum absolute atomic E-state index is 11.0. The predicted octanol–water partition coefficient (Wildman–Crippen LogP) is 2.13. The summed E-state index contributed by atoms with van der Waals surface area (Å²) in [5, 5.41) is 0.308. The summed E-state index contributed by atoms with van der Waals surface area (Å²) in [7, 11) is 1.31. The van der Waals surface area contributed by atoms with E-state index in [4.69, 9.17) is 11.6 Å². The van der Waals surface area contributed by atoms with Crippen LogP contribution >= 0.6 is 34.2 Å². The molecule has 0 aliphatic heterocycles. The molecule has 0 spiro atoms. The highest BCUT2D eigenvalue weighted by Gasteiger charge is 2.10. The van der Waals surface area contributed by atoms with Crippen molar-refractivity contribution in [3.8, 4) is 0 Å². The monoisotopic (exact) mass is 297 g/mol. The highest BCUT2D eigenvalue weighted by atomic mass is 127. The molecule has 12 heavy (non-hydrogen) atoms. The van der Waals surface area contributed by atoms with E-state index in [1.54, 1.807) is 6.07 Å². The molecule has 0 atom stereocenters. The average molecular weight is 297 g/mol. The minimum absolute atomic E-state index is 0.308. The number of aromatic nitrogens is 1. The van der Waals surface area contributed by atoms with Crippen LogP contribution < -0.4 is 0 Å². The average Bonchev–Trinajstić information content (AvgIpc) is 2.08. The van der Waals surface area contributed by atoms with Crippen LogP contribution in [0.4, 0.5) is 0 Å². The summed E-state index contributed by atoms with van der Waals surface area (Å²) in [6, 6.07) is 1.58. The molecule has 3 nitrogen and oxygen atoms in total. The first kappa shape index (κ1) is 9.73. The normalized spacial score (nSPS) is 9.58. The Bertz CT molecular complexity index is 316. The Morgan fingerprint density at radius 2 is 2.42 bits per heavy atom. The highest BCUT2D eigenvalue weighted by Crippen LogP contribution is 2.17. The molecule has 1 aromatic rings. The van der Waals surface area contributed by atoms with E-state index in [0.29, 0.717) is 14.3 Å². The molecular weight excluding hydrogens is 292 g/mol. The van der Waals surface area contributed by atoms with Gasteiger partial charge in [-0.2, -0.15) is 0 Å². The molecule has 1 rings (SSSR count). The van der Waals surface area contributed by atoms with Crippen molar-refractivity contribution in [1.29, 1.82) is 0 Å². The van der Waals surface area contributed by atoms with Crippen LogP contribution in [0.5, 0.6) is 0 Å². The topological polar surface area (TPSA) is 39.2 Å². The van der Waals surface area contributed by atoms with Crippen LogP contribution in [0.1, 0.15) is 10.4 Å². The van der Waals surface area contributed by atoms with Crippen molar-refractivity contribution < 1.29 is 9.53 Å². The Balaban J connectivity index is 3.13. The van der Waals surface area contributed by atoms with Gasteiger partial charge in [0.1, 0.15) is 3.70 Å². The van der Waals surface area contributed by atoms with Gasteiger partial charge in [0.15, 0.2) is 0 Å². The minimum Gasteiger partial charge on any atom is -0.465 e. The van der Waals surface area contributed by atoms with Gasteiger partial charge in [-0.3, -0.25) is 0 Å². The lowest BCUT2D eigenvalue weighted by Crippen LogP contribution is -2.03. The van der Waals surface area contributed by atoms with Crippen molar-refractivity contribution in [3.63, 3.8) is 0 Å². The van der Waals surface area contributed by atoms with Crippen LogP contribution in [-0.4, -0.2) is 18.1 Å². The molecular formula is C7H5ClINO2. The molecule has 0 aromatic carbocycles. The Hall–Kier alpha value is -0.360. The SMILES string of the molecule is COC(=O)c1cc(I)ncc1Cl. The number of rotatable bonds is 1. The standard InChI is InChI=1S/C7H5ClINO2/c1-12-7(11)4-2-6(9)10-3-5(4)8/h2-3H,1H3. The third-order valence-corrected chi connectivity index (χ3v) is 2.12. The van der Waals surface area contributed by atoms with Crippen molar-refractivity contribution in [1.82, 2.24) is 4.98 Å². The zero-order valence-electron chi connectivity index (χ0n) is 6.17. The number of halogens is 2. The number of pyridine rings is 1. The van der Waals surface area contributed by atoms with Gasteiger partial charge in [0.05, 0.1) is 17.7 Å². The Morgan fingerprint density at radius 3 is 3.00 bits per heavy atom. The summed E-state index contributed by atoms with van der Waals surface area (Å²) in [6.45, 7) is 0. The second-order valence-corrected chi connectivity index (χ2v) is 3.49. The number of nitrogens with zero attached hydrogens (tertiary/aromatic N) is 1. The van der Waals surface area contributed by atoms with E-state index in [1.807, 2.05) is 22.6 Å². The van der Waals surface area contributed by atoms with E-state index in [1.165, 1.54) is 13.3 Å². The second kappa shape index (κ2) is 4.04. The van der Waals surface area contributed by atoms with E-state index in [-0.39, 0.29) is 0 Å². The summed E-state index contributed by atoms with van der Waals surface area (Å²) in [5.41, 5.74) is 0.346. The third kappa shape index (κ3) is 2.07. The molecule has 1 aromatic heterocycles. The fraction of sp³-hybridized carbons (Fsp3) is 0.143. The maximum atomic E-state index is 11.0. The molecule has 0 amide bonds. The van der Waals surface area contributed by atoms with Crippen molar-refractivity contribution >= 4 is 40.2 Å². The number of hydrogen-bond acceptors (Lipinski definition) is 3. The van der Waals surface area contributed by atoms with Crippen molar-refractivity contribution in [3.05, 3.63) is 26.5 Å². The molecule has 0 fully saturated rings. The quantitative estimate of drug-likeness (QED) is 0.453. The first-order chi connectivity index (χ1) is 5.65. The van der Waals surface area contributed by atoms with Gasteiger partial charge in [0.2, 0.25) is 0 Å². The van der Waals surface area contributed by atoms with E-state index in [0.717, 1.165) is 0 Å². The van der Waals surface area contributed by atoms with E-state index < -0.39 is 5.97 Å². The number of ether oxygens (including phenoxy) is 1. The molecule has 0 saturated carbocycles. The van der Waals surface area contributed by atoms with E-state index in [9.17, 15) is 4.79 Å². The summed E-state index contributed by atoms with van der Waals surface area (Å²) in [6.07, 6.45) is 1.43. The second-order valence-electron chi connectivity index (χ2n) is 1.98. The fourth-order valence-corrected chi connectivity index (χ4v) is 1.31. The largest absolute Gasteiger partial charge is 0.465 e. The molecule has 0 saturated heterocycles. The summed E-state index contributed by atoms with van der Waals surface area (Å²) in [4.78, 5) is 15.0. The lowest BCUT2D eigenvalue weighted by Gasteiger charge is -2.00. The third-order valence-electron chi connectivity index (χ3n) is 1.23. The Kier molecular flexibility index (Phi) is 3.28. The molecule has 0 aliphatic rings. The van der Waals surface area contributed by atoms with Crippen molar-refractivity contribution in [2.75, 3.05) is 7.11 Å². The fourth-order valence-electron chi connectivity index (χ4n) is 0.680. The van der Waals surface area contributed by atoms with Crippen LogP contribution in [0.25, 0.3) is 0 Å². The summed E-state index contributed by atoms with van der Waals surface area (Å²) < 4.78 is 5.22. The van der Waals surface area contributed by atoms with Crippen molar-refractivity contribution in [2.45, 2.75) is 0 Å². The molecule has 1 heterocycles. The van der Waals surface area contributed by atoms with E-state index >= 15 is 0 Å². The lowest BCUT2D eigenvalue weighted by atomic mass is 10.3. The number of esters is 1. The predicted molar refractivity (Wildman–Crippen MR) is 53.3 cm³/mol. The first-order valence-corrected chi connectivity index (χ1v) is 4.50. The number of carbonyl (C=O) groups excluding carboxylic acids is 1. The summed E-state index contributed by atoms with van der Waals surface area (Å²) in [5.74, 6) is -0.444. The summed E-state index contributed by atoms with van der Waals surface area (Å²) >= 11 is 7.70. The smallest absolute Gasteiger partial charge is 0.339 e. The van der Waals surface area contributed by atoms with Crippen LogP contribution in [0.3, 0.4) is 0 Å². The first-order valence-electron chi connectivity index (χ1n) is 3.04. The Morgan fingerprint density at radius 1 is 1.75 bits per heavy atom. The van der Waals surface area contributed by atoms with Gasteiger partial charge < -0.3 is 4.74 Å². The molecule has 0 unspecified atom stereocenters. The van der Waals surface area contributed by atoms with Gasteiger partial charge in [0.25, 0.3) is 0 Å². The van der Waals surface area contributed by atoms with Crippen LogP contribution in [0.2, 0.25) is 5.02 Å². The van der Waals surface area contributed by atoms with Crippen molar-refractivity contribution in [2.24, 2.45) is 0 Å². The lowest BCUT2D eigenvalue weighted by molar-refractivity contribution is 0.0600. The van der Waals surface area contributed by atoms with Gasteiger partial charge in [-0.25, -0.2) is 9.78 Å². The van der Waals surface area contributed by atoms with Gasteiger partial charge in [-0.05, 0) is 28.7 Å². The molecule has 5 heteroatoms. The van der Waals surface area contributed by atoms with Gasteiger partial charge in [0, 0.05) is 6.20 Å². The molecule has 0 bridgehead atoms. The van der Waals surface area contributed by atoms with Gasteiger partial charge >= 0.3 is 5.97 Å². The number of hydrogen-bond donors (Lipinski definition) is 0. The zero-order chi connectivity index (χ0) is 9.14. The van der Waals surface area contributed by atoms with Gasteiger partial charge in [-0.15, -0.1) is 0 Å². The highest BCUT2D eigenvalue weighted by molar-refractivity contribution is 14.1. The molecule has 0 aliphatic carbocycles. The number of carbonyl (C=O) groups is 1. The molecule has 64 valence electrons. The van der Waals surface area contributed by atoms with Gasteiger partial charge in [-0.1, -0.05) is 11.6 Å². The molecule has 0 radical (unpaired) electrons.